The Morgan fingerprint density at radius 2 is 1.68 bits per heavy atom. The lowest BCUT2D eigenvalue weighted by Crippen LogP contribution is -2.48. The van der Waals surface area contributed by atoms with E-state index in [0.29, 0.717) is 12.0 Å². The number of nitrogens with zero attached hydrogens (tertiary/aromatic N) is 1. The predicted molar refractivity (Wildman–Crippen MR) is 84.3 cm³/mol. The van der Waals surface area contributed by atoms with Gasteiger partial charge in [-0.15, -0.1) is 0 Å². The molecule has 0 saturated carbocycles. The van der Waals surface area contributed by atoms with Crippen molar-refractivity contribution in [2.75, 3.05) is 13.6 Å². The average Bonchev–Trinajstić information content (AvgIpc) is 2.28. The number of likely N-dealkylation sites (N-methyl/N-ethyl adjacent to an activating group) is 1. The molecule has 1 N–H and O–H groups in total. The SMILES string of the molecule is CC(C)C(CNC(C)(C)C)N(C)Cc1ccccc1. The van der Waals surface area contributed by atoms with Crippen molar-refractivity contribution in [2.45, 2.75) is 52.7 Å². The van der Waals surface area contributed by atoms with Crippen LogP contribution in [-0.4, -0.2) is 30.1 Å². The number of benzene rings is 1. The topological polar surface area (TPSA) is 15.3 Å². The molecule has 0 aliphatic heterocycles. The van der Waals surface area contributed by atoms with Crippen LogP contribution in [-0.2, 0) is 6.54 Å². The Balaban J connectivity index is 2.60. The Bertz CT molecular complexity index is 351. The van der Waals surface area contributed by atoms with Crippen LogP contribution < -0.4 is 5.32 Å². The molecule has 0 spiro atoms. The van der Waals surface area contributed by atoms with E-state index in [1.165, 1.54) is 5.56 Å². The van der Waals surface area contributed by atoms with Gasteiger partial charge in [-0.25, -0.2) is 0 Å². The summed E-state index contributed by atoms with van der Waals surface area (Å²) < 4.78 is 0. The van der Waals surface area contributed by atoms with Crippen molar-refractivity contribution < 1.29 is 0 Å². The van der Waals surface area contributed by atoms with E-state index in [2.05, 4.69) is 82.2 Å². The third kappa shape index (κ3) is 6.22. The molecule has 0 bridgehead atoms. The second-order valence-electron chi connectivity index (χ2n) is 6.84. The van der Waals surface area contributed by atoms with Gasteiger partial charge in [0.25, 0.3) is 0 Å². The van der Waals surface area contributed by atoms with Gasteiger partial charge in [-0.05, 0) is 39.3 Å². The molecule has 108 valence electrons. The van der Waals surface area contributed by atoms with Crippen LogP contribution in [0, 0.1) is 5.92 Å². The van der Waals surface area contributed by atoms with Crippen molar-refractivity contribution in [2.24, 2.45) is 5.92 Å². The first kappa shape index (κ1) is 16.2. The van der Waals surface area contributed by atoms with Crippen molar-refractivity contribution >= 4 is 0 Å². The molecule has 0 aliphatic rings. The van der Waals surface area contributed by atoms with Gasteiger partial charge >= 0.3 is 0 Å². The van der Waals surface area contributed by atoms with Crippen molar-refractivity contribution in [3.63, 3.8) is 0 Å². The Hall–Kier alpha value is -0.860. The molecule has 1 atom stereocenters. The first-order valence-corrected chi connectivity index (χ1v) is 7.29. The van der Waals surface area contributed by atoms with E-state index in [0.717, 1.165) is 13.1 Å². The van der Waals surface area contributed by atoms with Gasteiger partial charge in [-0.1, -0.05) is 44.2 Å². The standard InChI is InChI=1S/C17H30N2/c1-14(2)16(12-18-17(3,4)5)19(6)13-15-10-8-7-9-11-15/h7-11,14,16,18H,12-13H2,1-6H3. The van der Waals surface area contributed by atoms with Crippen LogP contribution in [0.5, 0.6) is 0 Å². The maximum absolute atomic E-state index is 3.63. The third-order valence-electron chi connectivity index (χ3n) is 3.45. The van der Waals surface area contributed by atoms with Crippen LogP contribution in [0.3, 0.4) is 0 Å². The minimum absolute atomic E-state index is 0.181. The quantitative estimate of drug-likeness (QED) is 0.843. The van der Waals surface area contributed by atoms with Gasteiger partial charge in [0.1, 0.15) is 0 Å². The van der Waals surface area contributed by atoms with Crippen LogP contribution in [0.1, 0.15) is 40.2 Å². The molecular weight excluding hydrogens is 232 g/mol. The van der Waals surface area contributed by atoms with Crippen LogP contribution in [0.2, 0.25) is 0 Å². The van der Waals surface area contributed by atoms with Crippen LogP contribution >= 0.6 is 0 Å². The highest BCUT2D eigenvalue weighted by molar-refractivity contribution is 5.14. The summed E-state index contributed by atoms with van der Waals surface area (Å²) in [4.78, 5) is 2.46. The molecule has 1 rings (SSSR count). The molecule has 0 heterocycles. The van der Waals surface area contributed by atoms with Crippen LogP contribution in [0.4, 0.5) is 0 Å². The largest absolute Gasteiger partial charge is 0.311 e. The molecule has 2 heteroatoms. The zero-order valence-electron chi connectivity index (χ0n) is 13.4. The average molecular weight is 262 g/mol. The zero-order valence-corrected chi connectivity index (χ0v) is 13.4. The first-order chi connectivity index (χ1) is 8.79. The lowest BCUT2D eigenvalue weighted by Gasteiger charge is -2.34. The molecule has 0 radical (unpaired) electrons. The fraction of sp³-hybridized carbons (Fsp3) is 0.647. The highest BCUT2D eigenvalue weighted by Crippen LogP contribution is 2.13. The second kappa shape index (κ2) is 7.06. The maximum Gasteiger partial charge on any atom is 0.0244 e. The summed E-state index contributed by atoms with van der Waals surface area (Å²) in [6, 6.07) is 11.3. The van der Waals surface area contributed by atoms with E-state index < -0.39 is 0 Å². The summed E-state index contributed by atoms with van der Waals surface area (Å²) in [5, 5.41) is 3.63. The predicted octanol–water partition coefficient (Wildman–Crippen LogP) is 3.53. The Morgan fingerprint density at radius 1 is 1.11 bits per heavy atom. The van der Waals surface area contributed by atoms with Crippen molar-refractivity contribution in [1.29, 1.82) is 0 Å². The third-order valence-corrected chi connectivity index (χ3v) is 3.45. The number of rotatable bonds is 6. The zero-order chi connectivity index (χ0) is 14.5. The summed E-state index contributed by atoms with van der Waals surface area (Å²) >= 11 is 0. The van der Waals surface area contributed by atoms with Gasteiger partial charge < -0.3 is 5.32 Å². The normalized spacial score (nSPS) is 14.1. The molecule has 0 aromatic heterocycles. The number of hydrogen-bond donors (Lipinski definition) is 1. The van der Waals surface area contributed by atoms with Gasteiger partial charge in [0.05, 0.1) is 0 Å². The van der Waals surface area contributed by atoms with Crippen molar-refractivity contribution in [3.8, 4) is 0 Å². The number of nitrogens with one attached hydrogen (secondary N) is 1. The van der Waals surface area contributed by atoms with Gasteiger partial charge in [0.2, 0.25) is 0 Å². The first-order valence-electron chi connectivity index (χ1n) is 7.29. The molecule has 0 saturated heterocycles. The minimum Gasteiger partial charge on any atom is -0.311 e. The van der Waals surface area contributed by atoms with E-state index >= 15 is 0 Å². The Morgan fingerprint density at radius 3 is 2.16 bits per heavy atom. The fourth-order valence-corrected chi connectivity index (χ4v) is 2.30. The van der Waals surface area contributed by atoms with E-state index in [9.17, 15) is 0 Å². The van der Waals surface area contributed by atoms with Crippen LogP contribution in [0.25, 0.3) is 0 Å². The molecule has 2 nitrogen and oxygen atoms in total. The summed E-state index contributed by atoms with van der Waals surface area (Å²) in [7, 11) is 2.22. The molecule has 0 amide bonds. The molecule has 1 unspecified atom stereocenters. The second-order valence-corrected chi connectivity index (χ2v) is 6.84. The van der Waals surface area contributed by atoms with Gasteiger partial charge in [0, 0.05) is 24.7 Å². The van der Waals surface area contributed by atoms with E-state index in [4.69, 9.17) is 0 Å². The lowest BCUT2D eigenvalue weighted by molar-refractivity contribution is 0.169. The monoisotopic (exact) mass is 262 g/mol. The van der Waals surface area contributed by atoms with Gasteiger partial charge in [0.15, 0.2) is 0 Å². The van der Waals surface area contributed by atoms with E-state index in [-0.39, 0.29) is 5.54 Å². The van der Waals surface area contributed by atoms with E-state index in [1.54, 1.807) is 0 Å². The van der Waals surface area contributed by atoms with Gasteiger partial charge in [-0.3, -0.25) is 4.90 Å². The van der Waals surface area contributed by atoms with Gasteiger partial charge in [-0.2, -0.15) is 0 Å². The summed E-state index contributed by atoms with van der Waals surface area (Å²) in [5.41, 5.74) is 1.56. The highest BCUT2D eigenvalue weighted by Gasteiger charge is 2.21. The van der Waals surface area contributed by atoms with E-state index in [1.807, 2.05) is 0 Å². The highest BCUT2D eigenvalue weighted by atomic mass is 15.2. The lowest BCUT2D eigenvalue weighted by atomic mass is 10.00. The van der Waals surface area contributed by atoms with Crippen molar-refractivity contribution in [3.05, 3.63) is 35.9 Å². The molecular formula is C17H30N2. The summed E-state index contributed by atoms with van der Waals surface area (Å²) in [6.07, 6.45) is 0. The number of hydrogen-bond acceptors (Lipinski definition) is 2. The van der Waals surface area contributed by atoms with Crippen molar-refractivity contribution in [1.82, 2.24) is 10.2 Å². The molecule has 0 aliphatic carbocycles. The maximum atomic E-state index is 3.63. The fourth-order valence-electron chi connectivity index (χ4n) is 2.30. The summed E-state index contributed by atoms with van der Waals surface area (Å²) in [6.45, 7) is 13.3. The minimum atomic E-state index is 0.181. The Labute approximate surface area is 119 Å². The molecule has 19 heavy (non-hydrogen) atoms. The molecule has 1 aromatic carbocycles. The molecule has 1 aromatic rings. The summed E-state index contributed by atoms with van der Waals surface area (Å²) in [5.74, 6) is 0.642. The van der Waals surface area contributed by atoms with Crippen LogP contribution in [0.15, 0.2) is 30.3 Å². The smallest absolute Gasteiger partial charge is 0.0244 e. The molecule has 0 fully saturated rings. The Kier molecular flexibility index (Phi) is 6.02.